The minimum absolute atomic E-state index is 0.0394. The quantitative estimate of drug-likeness (QED) is 0.520. The van der Waals surface area contributed by atoms with Gasteiger partial charge in [-0.05, 0) is 34.6 Å². The van der Waals surface area contributed by atoms with E-state index < -0.39 is 22.6 Å². The van der Waals surface area contributed by atoms with Crippen LogP contribution in [0.1, 0.15) is 56.1 Å². The van der Waals surface area contributed by atoms with Crippen LogP contribution in [0.5, 0.6) is 5.75 Å². The molecule has 0 heterocycles. The van der Waals surface area contributed by atoms with Gasteiger partial charge in [0.25, 0.3) is 11.6 Å². The topological polar surface area (TPSA) is 124 Å². The summed E-state index contributed by atoms with van der Waals surface area (Å²) in [6, 6.07) is 9.74. The molecule has 0 aliphatic heterocycles. The van der Waals surface area contributed by atoms with Crippen molar-refractivity contribution in [2.45, 2.75) is 52.6 Å². The monoisotopic (exact) mass is 426 g/mol. The number of nitro benzene ring substituents is 1. The van der Waals surface area contributed by atoms with Crippen molar-refractivity contribution in [1.82, 2.24) is 10.6 Å². The lowest BCUT2D eigenvalue weighted by Crippen LogP contribution is -2.49. The second kappa shape index (κ2) is 9.59. The van der Waals surface area contributed by atoms with E-state index in [0.29, 0.717) is 5.56 Å². The van der Waals surface area contributed by atoms with Crippen LogP contribution in [0.25, 0.3) is 0 Å². The molecular formula is C23H28N3O5-. The number of carbonyl (C=O) groups excluding carboxylic acids is 2. The molecule has 0 spiro atoms. The Morgan fingerprint density at radius 1 is 1.06 bits per heavy atom. The first-order chi connectivity index (χ1) is 14.4. The first kappa shape index (κ1) is 23.9. The van der Waals surface area contributed by atoms with Gasteiger partial charge >= 0.3 is 0 Å². The normalized spacial score (nSPS) is 12.3. The molecule has 0 saturated heterocycles. The van der Waals surface area contributed by atoms with Gasteiger partial charge in [-0.25, -0.2) is 0 Å². The summed E-state index contributed by atoms with van der Waals surface area (Å²) >= 11 is 0. The summed E-state index contributed by atoms with van der Waals surface area (Å²) in [4.78, 5) is 35.6. The fraction of sp³-hybridized carbons (Fsp3) is 0.391. The van der Waals surface area contributed by atoms with Gasteiger partial charge in [-0.3, -0.25) is 19.7 Å². The van der Waals surface area contributed by atoms with Gasteiger partial charge in [-0.1, -0.05) is 52.8 Å². The van der Waals surface area contributed by atoms with E-state index in [9.17, 15) is 24.8 Å². The molecule has 0 saturated carbocycles. The first-order valence-corrected chi connectivity index (χ1v) is 10.0. The summed E-state index contributed by atoms with van der Waals surface area (Å²) in [5.41, 5.74) is 1.37. The van der Waals surface area contributed by atoms with E-state index >= 15 is 0 Å². The van der Waals surface area contributed by atoms with Crippen molar-refractivity contribution in [3.8, 4) is 5.75 Å². The third-order valence-electron chi connectivity index (χ3n) is 4.96. The molecule has 2 N–H and O–H groups in total. The molecule has 0 fully saturated rings. The van der Waals surface area contributed by atoms with E-state index in [0.717, 1.165) is 23.8 Å². The van der Waals surface area contributed by atoms with Crippen LogP contribution in [0.3, 0.4) is 0 Å². The predicted octanol–water partition coefficient (Wildman–Crippen LogP) is 3.04. The van der Waals surface area contributed by atoms with Crippen LogP contribution < -0.4 is 15.7 Å². The lowest BCUT2D eigenvalue weighted by atomic mass is 9.86. The predicted molar refractivity (Wildman–Crippen MR) is 116 cm³/mol. The van der Waals surface area contributed by atoms with Gasteiger partial charge < -0.3 is 15.7 Å². The van der Waals surface area contributed by atoms with Crippen LogP contribution in [0.2, 0.25) is 0 Å². The second-order valence-corrected chi connectivity index (χ2v) is 8.79. The number of rotatable bonds is 7. The maximum atomic E-state index is 12.7. The molecular weight excluding hydrogens is 398 g/mol. The molecule has 0 aliphatic rings. The Hall–Kier alpha value is -3.42. The van der Waals surface area contributed by atoms with Crippen LogP contribution >= 0.6 is 0 Å². The van der Waals surface area contributed by atoms with Gasteiger partial charge in [0.1, 0.15) is 6.04 Å². The van der Waals surface area contributed by atoms with E-state index in [-0.39, 0.29) is 35.0 Å². The number of benzene rings is 2. The average molecular weight is 426 g/mol. The van der Waals surface area contributed by atoms with Crippen molar-refractivity contribution in [1.29, 1.82) is 0 Å². The van der Waals surface area contributed by atoms with E-state index in [1.54, 1.807) is 26.0 Å². The number of non-ortho nitro benzene ring substituents is 1. The molecule has 2 amide bonds. The molecule has 166 valence electrons. The molecule has 0 unspecified atom stereocenters. The number of hydrogen-bond acceptors (Lipinski definition) is 5. The average Bonchev–Trinajstić information content (AvgIpc) is 2.70. The van der Waals surface area contributed by atoms with E-state index in [2.05, 4.69) is 31.4 Å². The summed E-state index contributed by atoms with van der Waals surface area (Å²) in [7, 11) is 0. The van der Waals surface area contributed by atoms with Gasteiger partial charge in [-0.2, -0.15) is 0 Å². The Labute approximate surface area is 181 Å². The van der Waals surface area contributed by atoms with Crippen LogP contribution in [0.4, 0.5) is 5.69 Å². The zero-order valence-corrected chi connectivity index (χ0v) is 18.4. The third-order valence-corrected chi connectivity index (χ3v) is 4.96. The lowest BCUT2D eigenvalue weighted by molar-refractivity contribution is -0.385. The van der Waals surface area contributed by atoms with Gasteiger partial charge in [-0.15, -0.1) is 5.75 Å². The van der Waals surface area contributed by atoms with E-state index in [1.807, 2.05) is 12.1 Å². The maximum absolute atomic E-state index is 12.7. The van der Waals surface area contributed by atoms with Crippen LogP contribution in [-0.2, 0) is 16.8 Å². The van der Waals surface area contributed by atoms with Crippen molar-refractivity contribution in [3.05, 3.63) is 69.3 Å². The second-order valence-electron chi connectivity index (χ2n) is 8.79. The highest BCUT2D eigenvalue weighted by Gasteiger charge is 2.25. The molecule has 8 nitrogen and oxygen atoms in total. The molecule has 0 aliphatic carbocycles. The minimum atomic E-state index is -0.830. The summed E-state index contributed by atoms with van der Waals surface area (Å²) in [5.74, 6) is -1.47. The summed E-state index contributed by atoms with van der Waals surface area (Å²) in [5, 5.41) is 28.2. The van der Waals surface area contributed by atoms with Crippen molar-refractivity contribution < 1.29 is 19.6 Å². The number of carbonyl (C=O) groups is 2. The molecule has 2 rings (SSSR count). The Kier molecular flexibility index (Phi) is 7.38. The smallest absolute Gasteiger partial charge is 0.269 e. The van der Waals surface area contributed by atoms with Crippen molar-refractivity contribution >= 4 is 17.5 Å². The van der Waals surface area contributed by atoms with Gasteiger partial charge in [0.05, 0.1) is 4.92 Å². The Morgan fingerprint density at radius 3 is 2.19 bits per heavy atom. The number of nitrogens with zero attached hydrogens (tertiary/aromatic N) is 1. The van der Waals surface area contributed by atoms with Crippen LogP contribution in [0.15, 0.2) is 42.5 Å². The first-order valence-electron chi connectivity index (χ1n) is 10.0. The van der Waals surface area contributed by atoms with Crippen LogP contribution in [0, 0.1) is 16.0 Å². The SMILES string of the molecule is CC(C)[C@H](NC(=O)c1ccc(C(C)(C)C)cc1)C(=O)NCc1cc([N+](=O)[O-])ccc1[O-]. The fourth-order valence-electron chi connectivity index (χ4n) is 2.99. The van der Waals surface area contributed by atoms with Crippen molar-refractivity contribution in [3.63, 3.8) is 0 Å². The van der Waals surface area contributed by atoms with E-state index in [4.69, 9.17) is 0 Å². The molecule has 2 aromatic rings. The lowest BCUT2D eigenvalue weighted by Gasteiger charge is -2.23. The van der Waals surface area contributed by atoms with Crippen molar-refractivity contribution in [2.75, 3.05) is 0 Å². The molecule has 1 atom stereocenters. The Morgan fingerprint density at radius 2 is 1.68 bits per heavy atom. The molecule has 0 bridgehead atoms. The largest absolute Gasteiger partial charge is 0.872 e. The third kappa shape index (κ3) is 6.28. The van der Waals surface area contributed by atoms with Gasteiger partial charge in [0, 0.05) is 24.2 Å². The summed E-state index contributed by atoms with van der Waals surface area (Å²) in [6.45, 7) is 9.65. The standard InChI is InChI=1S/C23H29N3O5/c1-14(2)20(25-21(28)15-6-8-17(9-7-15)23(3,4)5)22(29)24-13-16-12-18(26(30)31)10-11-19(16)27/h6-12,14,20,27H,13H2,1-5H3,(H,24,29)(H,25,28)/p-1/t20-/m0/s1. The molecule has 31 heavy (non-hydrogen) atoms. The highest BCUT2D eigenvalue weighted by Crippen LogP contribution is 2.23. The maximum Gasteiger partial charge on any atom is 0.269 e. The Balaban J connectivity index is 2.08. The summed E-state index contributed by atoms with van der Waals surface area (Å²) in [6.07, 6.45) is 0. The molecule has 0 radical (unpaired) electrons. The highest BCUT2D eigenvalue weighted by atomic mass is 16.6. The minimum Gasteiger partial charge on any atom is -0.872 e. The van der Waals surface area contributed by atoms with Crippen molar-refractivity contribution in [2.24, 2.45) is 5.92 Å². The molecule has 0 aromatic heterocycles. The molecule has 2 aromatic carbocycles. The zero-order valence-electron chi connectivity index (χ0n) is 18.4. The van der Waals surface area contributed by atoms with Gasteiger partial charge in [0.15, 0.2) is 0 Å². The number of nitrogens with one attached hydrogen (secondary N) is 2. The Bertz CT molecular complexity index is 962. The molecule has 8 heteroatoms. The van der Waals surface area contributed by atoms with E-state index in [1.165, 1.54) is 0 Å². The number of amides is 2. The fourth-order valence-corrected chi connectivity index (χ4v) is 2.99. The summed E-state index contributed by atoms with van der Waals surface area (Å²) < 4.78 is 0. The highest BCUT2D eigenvalue weighted by molar-refractivity contribution is 5.97. The zero-order chi connectivity index (χ0) is 23.3. The number of hydrogen-bond donors (Lipinski definition) is 2. The van der Waals surface area contributed by atoms with Gasteiger partial charge in [0.2, 0.25) is 5.91 Å². The van der Waals surface area contributed by atoms with Crippen LogP contribution in [-0.4, -0.2) is 22.8 Å². The number of nitro groups is 1.